The van der Waals surface area contributed by atoms with Crippen LogP contribution in [-0.2, 0) is 9.84 Å². The first-order valence-electron chi connectivity index (χ1n) is 3.38. The molecule has 4 nitrogen and oxygen atoms in total. The first-order valence-corrected chi connectivity index (χ1v) is 5.03. The number of hydrogen-bond acceptors (Lipinski definition) is 4. The van der Waals surface area contributed by atoms with Crippen molar-refractivity contribution < 1.29 is 17.2 Å². The van der Waals surface area contributed by atoms with Crippen molar-refractivity contribution in [3.8, 4) is 0 Å². The molecule has 1 aromatic heterocycles. The molecule has 0 saturated heterocycles. The van der Waals surface area contributed by atoms with E-state index in [1.54, 1.807) is 0 Å². The molecule has 0 saturated carbocycles. The van der Waals surface area contributed by atoms with Gasteiger partial charge in [-0.1, -0.05) is 6.92 Å². The molecule has 1 heterocycles. The van der Waals surface area contributed by atoms with E-state index in [4.69, 9.17) is 0 Å². The summed E-state index contributed by atoms with van der Waals surface area (Å²) >= 11 is 0. The Balaban J connectivity index is 3.33. The molecule has 7 heteroatoms. The molecule has 0 spiro atoms. The van der Waals surface area contributed by atoms with Crippen LogP contribution in [0.1, 0.15) is 6.92 Å². The minimum Gasteiger partial charge on any atom is -0.223 e. The maximum Gasteiger partial charge on any atom is 0.311 e. The van der Waals surface area contributed by atoms with Gasteiger partial charge in [-0.05, 0) is 0 Å². The number of aromatic nitrogens is 2. The predicted molar refractivity (Wildman–Crippen MR) is 39.7 cm³/mol. The lowest BCUT2D eigenvalue weighted by Gasteiger charge is -2.00. The van der Waals surface area contributed by atoms with Crippen LogP contribution in [0.3, 0.4) is 0 Å². The predicted octanol–water partition coefficient (Wildman–Crippen LogP) is 0.548. The van der Waals surface area contributed by atoms with Crippen LogP contribution < -0.4 is 0 Å². The first-order chi connectivity index (χ1) is 5.97. The van der Waals surface area contributed by atoms with Gasteiger partial charge in [-0.2, -0.15) is 13.8 Å². The normalized spacial score (nSPS) is 11.6. The van der Waals surface area contributed by atoms with Crippen molar-refractivity contribution >= 4 is 9.84 Å². The average Bonchev–Trinajstić information content (AvgIpc) is 2.03. The van der Waals surface area contributed by atoms with Gasteiger partial charge in [-0.25, -0.2) is 13.4 Å². The molecule has 0 aliphatic rings. The van der Waals surface area contributed by atoms with E-state index >= 15 is 0 Å². The van der Waals surface area contributed by atoms with Crippen molar-refractivity contribution in [3.05, 3.63) is 18.2 Å². The van der Waals surface area contributed by atoms with Crippen LogP contribution in [0.5, 0.6) is 0 Å². The number of rotatable bonds is 2. The molecular formula is C6H6F2N2O2S. The third-order valence-corrected chi connectivity index (χ3v) is 3.10. The standard InChI is InChI=1S/C6H6F2N2O2S/c1-2-13(11,12)4-3-9-6(8)10-5(4)7/h3H,2H2,1H3. The lowest BCUT2D eigenvalue weighted by Crippen LogP contribution is -2.09. The second-order valence-corrected chi connectivity index (χ2v) is 4.44. The van der Waals surface area contributed by atoms with Gasteiger partial charge in [0.2, 0.25) is 5.95 Å². The van der Waals surface area contributed by atoms with Gasteiger partial charge in [0, 0.05) is 0 Å². The van der Waals surface area contributed by atoms with E-state index in [0.717, 1.165) is 0 Å². The van der Waals surface area contributed by atoms with Crippen molar-refractivity contribution in [3.63, 3.8) is 0 Å². The third-order valence-electron chi connectivity index (χ3n) is 1.40. The molecule has 0 aliphatic heterocycles. The van der Waals surface area contributed by atoms with E-state index < -0.39 is 26.8 Å². The lowest BCUT2D eigenvalue weighted by atomic mass is 10.6. The van der Waals surface area contributed by atoms with E-state index in [0.29, 0.717) is 6.20 Å². The maximum absolute atomic E-state index is 12.8. The van der Waals surface area contributed by atoms with Gasteiger partial charge in [-0.15, -0.1) is 0 Å². The number of nitrogens with zero attached hydrogens (tertiary/aromatic N) is 2. The van der Waals surface area contributed by atoms with Gasteiger partial charge >= 0.3 is 6.08 Å². The highest BCUT2D eigenvalue weighted by molar-refractivity contribution is 7.91. The quantitative estimate of drug-likeness (QED) is 0.526. The van der Waals surface area contributed by atoms with Crippen molar-refractivity contribution in [2.45, 2.75) is 11.8 Å². The SMILES string of the molecule is CCS(=O)(=O)c1cnc(F)nc1F. The van der Waals surface area contributed by atoms with Crippen molar-refractivity contribution in [1.82, 2.24) is 9.97 Å². The summed E-state index contributed by atoms with van der Waals surface area (Å²) in [6.45, 7) is 1.35. The van der Waals surface area contributed by atoms with E-state index in [1.165, 1.54) is 6.92 Å². The Morgan fingerprint density at radius 2 is 2.08 bits per heavy atom. The topological polar surface area (TPSA) is 59.9 Å². The fourth-order valence-electron chi connectivity index (χ4n) is 0.694. The van der Waals surface area contributed by atoms with Crippen molar-refractivity contribution in [2.24, 2.45) is 0 Å². The molecule has 0 bridgehead atoms. The molecule has 1 rings (SSSR count). The lowest BCUT2D eigenvalue weighted by molar-refractivity contribution is 0.461. The summed E-state index contributed by atoms with van der Waals surface area (Å²) in [7, 11) is -3.71. The second-order valence-electron chi connectivity index (χ2n) is 2.20. The molecule has 0 N–H and O–H groups in total. The Morgan fingerprint density at radius 1 is 1.46 bits per heavy atom. The van der Waals surface area contributed by atoms with Crippen LogP contribution in [0.4, 0.5) is 8.78 Å². The summed E-state index contributed by atoms with van der Waals surface area (Å²) in [5, 5.41) is 0. The van der Waals surface area contributed by atoms with Crippen molar-refractivity contribution in [2.75, 3.05) is 5.75 Å². The van der Waals surface area contributed by atoms with Gasteiger partial charge < -0.3 is 0 Å². The molecule has 1 aromatic rings. The molecule has 0 amide bonds. The van der Waals surface area contributed by atoms with Gasteiger partial charge in [0.15, 0.2) is 9.84 Å². The fraction of sp³-hybridized carbons (Fsp3) is 0.333. The fourth-order valence-corrected chi connectivity index (χ4v) is 1.52. The van der Waals surface area contributed by atoms with E-state index in [2.05, 4.69) is 9.97 Å². The number of halogens is 2. The molecular weight excluding hydrogens is 202 g/mol. The van der Waals surface area contributed by atoms with E-state index in [-0.39, 0.29) is 5.75 Å². The first kappa shape index (κ1) is 9.97. The monoisotopic (exact) mass is 208 g/mol. The molecule has 0 unspecified atom stereocenters. The number of sulfone groups is 1. The highest BCUT2D eigenvalue weighted by Crippen LogP contribution is 2.12. The minimum atomic E-state index is -3.71. The Morgan fingerprint density at radius 3 is 2.54 bits per heavy atom. The molecule has 0 fully saturated rings. The van der Waals surface area contributed by atoms with Crippen LogP contribution >= 0.6 is 0 Å². The summed E-state index contributed by atoms with van der Waals surface area (Å²) in [6, 6.07) is 0. The summed E-state index contributed by atoms with van der Waals surface area (Å²) < 4.78 is 47.1. The molecule has 13 heavy (non-hydrogen) atoms. The Kier molecular flexibility index (Phi) is 2.55. The number of hydrogen-bond donors (Lipinski definition) is 0. The van der Waals surface area contributed by atoms with E-state index in [9.17, 15) is 17.2 Å². The molecule has 0 aromatic carbocycles. The zero-order valence-electron chi connectivity index (χ0n) is 6.66. The van der Waals surface area contributed by atoms with E-state index in [1.807, 2.05) is 0 Å². The van der Waals surface area contributed by atoms with Gasteiger partial charge in [0.25, 0.3) is 0 Å². The van der Waals surface area contributed by atoms with Crippen molar-refractivity contribution in [1.29, 1.82) is 0 Å². The maximum atomic E-state index is 12.8. The highest BCUT2D eigenvalue weighted by atomic mass is 32.2. The summed E-state index contributed by atoms with van der Waals surface area (Å²) in [4.78, 5) is 4.95. The molecule has 0 atom stereocenters. The van der Waals surface area contributed by atoms with Gasteiger partial charge in [-0.3, -0.25) is 0 Å². The van der Waals surface area contributed by atoms with Crippen LogP contribution in [0.15, 0.2) is 11.1 Å². The Labute approximate surface area is 73.6 Å². The zero-order valence-corrected chi connectivity index (χ0v) is 7.48. The largest absolute Gasteiger partial charge is 0.311 e. The van der Waals surface area contributed by atoms with Crippen LogP contribution in [0, 0.1) is 12.0 Å². The summed E-state index contributed by atoms with van der Waals surface area (Å²) in [6.07, 6.45) is -0.663. The smallest absolute Gasteiger partial charge is 0.223 e. The average molecular weight is 208 g/mol. The molecule has 72 valence electrons. The Bertz CT molecular complexity index is 419. The third kappa shape index (κ3) is 1.97. The van der Waals surface area contributed by atoms with Gasteiger partial charge in [0.05, 0.1) is 11.9 Å². The summed E-state index contributed by atoms with van der Waals surface area (Å²) in [5.74, 6) is -1.63. The van der Waals surface area contributed by atoms with Crippen LogP contribution in [0.2, 0.25) is 0 Å². The summed E-state index contributed by atoms with van der Waals surface area (Å²) in [5.41, 5.74) is 0. The second kappa shape index (κ2) is 3.33. The van der Waals surface area contributed by atoms with Gasteiger partial charge in [0.1, 0.15) is 4.90 Å². The highest BCUT2D eigenvalue weighted by Gasteiger charge is 2.19. The molecule has 0 aliphatic carbocycles. The van der Waals surface area contributed by atoms with Crippen LogP contribution in [-0.4, -0.2) is 24.1 Å². The minimum absolute atomic E-state index is 0.279. The Hall–Kier alpha value is -1.11. The zero-order chi connectivity index (χ0) is 10.1. The van der Waals surface area contributed by atoms with Crippen LogP contribution in [0.25, 0.3) is 0 Å². The molecule has 0 radical (unpaired) electrons.